The maximum atomic E-state index is 11.4. The first-order valence-corrected chi connectivity index (χ1v) is 4.08. The summed E-state index contributed by atoms with van der Waals surface area (Å²) < 4.78 is 0. The molecule has 0 fully saturated rings. The quantitative estimate of drug-likeness (QED) is 0.713. The monoisotopic (exact) mass is 206 g/mol. The molecule has 0 unspecified atom stereocenters. The number of anilines is 1. The van der Waals surface area contributed by atoms with Crippen molar-refractivity contribution >= 4 is 23.4 Å². The van der Waals surface area contributed by atoms with Crippen molar-refractivity contribution in [2.75, 3.05) is 5.01 Å². The Labute approximate surface area is 84.1 Å². The van der Waals surface area contributed by atoms with Crippen LogP contribution in [0.2, 0.25) is 0 Å². The van der Waals surface area contributed by atoms with Crippen LogP contribution >= 0.6 is 0 Å². The van der Waals surface area contributed by atoms with Crippen molar-refractivity contribution in [2.24, 2.45) is 5.10 Å². The molecule has 0 atom stereocenters. The molecule has 0 saturated heterocycles. The summed E-state index contributed by atoms with van der Waals surface area (Å²) in [7, 11) is 0. The fourth-order valence-corrected chi connectivity index (χ4v) is 1.14. The third-order valence-electron chi connectivity index (χ3n) is 1.81. The fourth-order valence-electron chi connectivity index (χ4n) is 1.14. The number of carboxylic acids is 1. The average molecular weight is 206 g/mol. The van der Waals surface area contributed by atoms with Crippen molar-refractivity contribution in [3.8, 4) is 0 Å². The Bertz CT molecular complexity index is 442. The van der Waals surface area contributed by atoms with Crippen LogP contribution in [-0.4, -0.2) is 32.7 Å². The minimum atomic E-state index is -1.19. The molecule has 15 heavy (non-hydrogen) atoms. The van der Waals surface area contributed by atoms with Crippen molar-refractivity contribution in [3.05, 3.63) is 18.6 Å². The van der Waals surface area contributed by atoms with Gasteiger partial charge in [-0.3, -0.25) is 4.79 Å². The van der Waals surface area contributed by atoms with Gasteiger partial charge in [-0.05, 0) is 0 Å². The second kappa shape index (κ2) is 3.45. The Morgan fingerprint density at radius 2 is 2.33 bits per heavy atom. The van der Waals surface area contributed by atoms with Crippen LogP contribution in [0.4, 0.5) is 5.82 Å². The van der Waals surface area contributed by atoms with E-state index in [1.54, 1.807) is 0 Å². The molecule has 1 N–H and O–H groups in total. The zero-order chi connectivity index (χ0) is 10.8. The standard InChI is InChI=1S/C8H6N4O3/c13-7-3-5(8(14)15)11-12(7)6-1-2-9-4-10-6/h1-2,4H,3H2,(H,14,15). The van der Waals surface area contributed by atoms with Gasteiger partial charge in [0.1, 0.15) is 6.33 Å². The smallest absolute Gasteiger partial charge is 0.352 e. The maximum Gasteiger partial charge on any atom is 0.352 e. The van der Waals surface area contributed by atoms with Gasteiger partial charge in [-0.2, -0.15) is 10.1 Å². The summed E-state index contributed by atoms with van der Waals surface area (Å²) in [5.74, 6) is -1.34. The highest BCUT2D eigenvalue weighted by Crippen LogP contribution is 2.16. The summed E-state index contributed by atoms with van der Waals surface area (Å²) in [5.41, 5.74) is -0.182. The molecule has 1 aromatic rings. The maximum absolute atomic E-state index is 11.4. The molecule has 1 aliphatic heterocycles. The number of hydrazone groups is 1. The van der Waals surface area contributed by atoms with E-state index in [-0.39, 0.29) is 18.0 Å². The first-order valence-electron chi connectivity index (χ1n) is 4.08. The van der Waals surface area contributed by atoms with Crippen molar-refractivity contribution in [3.63, 3.8) is 0 Å². The molecule has 7 nitrogen and oxygen atoms in total. The second-order valence-corrected chi connectivity index (χ2v) is 2.80. The van der Waals surface area contributed by atoms with Crippen LogP contribution in [0.15, 0.2) is 23.7 Å². The van der Waals surface area contributed by atoms with Crippen LogP contribution in [0.3, 0.4) is 0 Å². The lowest BCUT2D eigenvalue weighted by Gasteiger charge is -2.08. The Balaban J connectivity index is 2.32. The SMILES string of the molecule is O=C(O)C1=NN(c2ccncn2)C(=O)C1. The summed E-state index contributed by atoms with van der Waals surface area (Å²) in [6, 6.07) is 1.48. The summed E-state index contributed by atoms with van der Waals surface area (Å²) >= 11 is 0. The van der Waals surface area contributed by atoms with Crippen LogP contribution in [0, 0.1) is 0 Å². The summed E-state index contributed by atoms with van der Waals surface area (Å²) in [6.45, 7) is 0. The van der Waals surface area contributed by atoms with E-state index >= 15 is 0 Å². The second-order valence-electron chi connectivity index (χ2n) is 2.80. The van der Waals surface area contributed by atoms with Crippen LogP contribution in [0.25, 0.3) is 0 Å². The molecule has 0 spiro atoms. The lowest BCUT2D eigenvalue weighted by Crippen LogP contribution is -2.20. The molecule has 0 aromatic carbocycles. The molecule has 0 aliphatic carbocycles. The van der Waals surface area contributed by atoms with Gasteiger partial charge in [0, 0.05) is 12.3 Å². The lowest BCUT2D eigenvalue weighted by atomic mass is 10.3. The van der Waals surface area contributed by atoms with Gasteiger partial charge in [0.05, 0.1) is 6.42 Å². The number of hydrogen-bond acceptors (Lipinski definition) is 5. The number of nitrogens with zero attached hydrogens (tertiary/aromatic N) is 4. The Morgan fingerprint density at radius 3 is 2.87 bits per heavy atom. The Hall–Kier alpha value is -2.31. The normalized spacial score (nSPS) is 15.3. The molecular weight excluding hydrogens is 200 g/mol. The zero-order valence-electron chi connectivity index (χ0n) is 7.49. The number of amides is 1. The average Bonchev–Trinajstić information content (AvgIpc) is 2.62. The molecule has 0 saturated carbocycles. The third kappa shape index (κ3) is 1.66. The highest BCUT2D eigenvalue weighted by Gasteiger charge is 2.29. The number of carbonyl (C=O) groups is 2. The number of aromatic nitrogens is 2. The van der Waals surface area contributed by atoms with E-state index in [4.69, 9.17) is 5.11 Å². The molecule has 1 amide bonds. The molecule has 0 bridgehead atoms. The molecule has 1 aromatic heterocycles. The van der Waals surface area contributed by atoms with E-state index in [0.717, 1.165) is 5.01 Å². The van der Waals surface area contributed by atoms with Gasteiger partial charge in [-0.25, -0.2) is 14.8 Å². The lowest BCUT2D eigenvalue weighted by molar-refractivity contribution is -0.129. The van der Waals surface area contributed by atoms with Crippen molar-refractivity contribution in [2.45, 2.75) is 6.42 Å². The van der Waals surface area contributed by atoms with Gasteiger partial charge >= 0.3 is 5.97 Å². The highest BCUT2D eigenvalue weighted by molar-refractivity contribution is 6.42. The largest absolute Gasteiger partial charge is 0.477 e. The molecule has 0 radical (unpaired) electrons. The van der Waals surface area contributed by atoms with Crippen LogP contribution in [0.5, 0.6) is 0 Å². The molecule has 2 heterocycles. The van der Waals surface area contributed by atoms with Gasteiger partial charge in [0.2, 0.25) is 0 Å². The van der Waals surface area contributed by atoms with Crippen LogP contribution < -0.4 is 5.01 Å². The molecule has 1 aliphatic rings. The van der Waals surface area contributed by atoms with Crippen LogP contribution in [0.1, 0.15) is 6.42 Å². The van der Waals surface area contributed by atoms with E-state index in [9.17, 15) is 9.59 Å². The van der Waals surface area contributed by atoms with Crippen molar-refractivity contribution in [1.29, 1.82) is 0 Å². The predicted octanol–water partition coefficient (Wildman–Crippen LogP) is -0.346. The Kier molecular flexibility index (Phi) is 2.13. The minimum Gasteiger partial charge on any atom is -0.477 e. The van der Waals surface area contributed by atoms with Gasteiger partial charge in [-0.1, -0.05) is 0 Å². The third-order valence-corrected chi connectivity index (χ3v) is 1.81. The number of aliphatic carboxylic acids is 1. The first-order chi connectivity index (χ1) is 7.18. The first kappa shape index (κ1) is 9.25. The molecule has 2 rings (SSSR count). The number of carboxylic acid groups (broad SMARTS) is 1. The molecule has 7 heteroatoms. The summed E-state index contributed by atoms with van der Waals surface area (Å²) in [6.07, 6.45) is 2.50. The summed E-state index contributed by atoms with van der Waals surface area (Å²) in [5, 5.41) is 13.3. The van der Waals surface area contributed by atoms with E-state index in [0.29, 0.717) is 0 Å². The topological polar surface area (TPSA) is 95.8 Å². The number of carbonyl (C=O) groups excluding carboxylic acids is 1. The van der Waals surface area contributed by atoms with E-state index in [1.165, 1.54) is 18.6 Å². The predicted molar refractivity (Wildman–Crippen MR) is 49.2 cm³/mol. The minimum absolute atomic E-state index is 0.182. The zero-order valence-corrected chi connectivity index (χ0v) is 7.49. The number of rotatable bonds is 2. The molecule has 76 valence electrons. The van der Waals surface area contributed by atoms with Gasteiger partial charge < -0.3 is 5.11 Å². The number of hydrogen-bond donors (Lipinski definition) is 1. The summed E-state index contributed by atoms with van der Waals surface area (Å²) in [4.78, 5) is 29.4. The molecular formula is C8H6N4O3. The van der Waals surface area contributed by atoms with E-state index < -0.39 is 11.9 Å². The fraction of sp³-hybridized carbons (Fsp3) is 0.125. The van der Waals surface area contributed by atoms with Crippen molar-refractivity contribution in [1.82, 2.24) is 9.97 Å². The van der Waals surface area contributed by atoms with Gasteiger partial charge in [0.15, 0.2) is 11.5 Å². The Morgan fingerprint density at radius 1 is 1.53 bits per heavy atom. The van der Waals surface area contributed by atoms with Gasteiger partial charge in [0.25, 0.3) is 5.91 Å². The van der Waals surface area contributed by atoms with Gasteiger partial charge in [-0.15, -0.1) is 0 Å². The van der Waals surface area contributed by atoms with E-state index in [1.807, 2.05) is 0 Å². The van der Waals surface area contributed by atoms with E-state index in [2.05, 4.69) is 15.1 Å². The van der Waals surface area contributed by atoms with Crippen molar-refractivity contribution < 1.29 is 14.7 Å². The highest BCUT2D eigenvalue weighted by atomic mass is 16.4. The van der Waals surface area contributed by atoms with Crippen LogP contribution in [-0.2, 0) is 9.59 Å².